The Balaban J connectivity index is 1.65. The molecule has 0 unspecified atom stereocenters. The Labute approximate surface area is 174 Å². The third-order valence-corrected chi connectivity index (χ3v) is 7.16. The summed E-state index contributed by atoms with van der Waals surface area (Å²) in [5.41, 5.74) is 2.16. The van der Waals surface area contributed by atoms with E-state index in [1.54, 1.807) is 57.2 Å². The molecule has 2 aromatic carbocycles. The van der Waals surface area contributed by atoms with Gasteiger partial charge in [-0.05, 0) is 49.6 Å². The van der Waals surface area contributed by atoms with Crippen molar-refractivity contribution < 1.29 is 17.6 Å². The molecule has 0 bridgehead atoms. The number of benzene rings is 2. The van der Waals surface area contributed by atoms with Crippen LogP contribution in [-0.4, -0.2) is 20.4 Å². The predicted octanol–water partition coefficient (Wildman–Crippen LogP) is 4.11. The fourth-order valence-corrected chi connectivity index (χ4v) is 5.68. The van der Waals surface area contributed by atoms with E-state index in [4.69, 9.17) is 0 Å². The number of rotatable bonds is 7. The lowest BCUT2D eigenvalue weighted by Crippen LogP contribution is -2.31. The van der Waals surface area contributed by atoms with Crippen LogP contribution in [0.4, 0.5) is 4.39 Å². The number of amides is 1. The van der Waals surface area contributed by atoms with Crippen molar-refractivity contribution in [2.75, 3.05) is 0 Å². The number of carbonyl (C=O) groups excluding carboxylic acids is 1. The molecule has 0 saturated carbocycles. The normalized spacial score (nSPS) is 11.9. The highest BCUT2D eigenvalue weighted by atomic mass is 32.2. The Hall–Kier alpha value is -2.29. The Bertz CT molecular complexity index is 1140. The summed E-state index contributed by atoms with van der Waals surface area (Å²) >= 11 is 1.27. The number of hydrogen-bond donors (Lipinski definition) is 2. The summed E-state index contributed by atoms with van der Waals surface area (Å²) in [4.78, 5) is 13.1. The van der Waals surface area contributed by atoms with E-state index in [1.165, 1.54) is 17.4 Å². The number of thiophene rings is 1. The second kappa shape index (κ2) is 8.61. The summed E-state index contributed by atoms with van der Waals surface area (Å²) in [6, 6.07) is 11.7. The van der Waals surface area contributed by atoms with E-state index in [0.29, 0.717) is 27.9 Å². The molecule has 1 amide bonds. The Kier molecular flexibility index (Phi) is 6.36. The van der Waals surface area contributed by atoms with Gasteiger partial charge in [0.1, 0.15) is 5.82 Å². The Morgan fingerprint density at radius 2 is 1.76 bits per heavy atom. The van der Waals surface area contributed by atoms with E-state index in [2.05, 4.69) is 10.0 Å². The average Bonchev–Trinajstić information content (AvgIpc) is 2.97. The van der Waals surface area contributed by atoms with Gasteiger partial charge in [0, 0.05) is 22.7 Å². The smallest absolute Gasteiger partial charge is 0.261 e. The zero-order valence-corrected chi connectivity index (χ0v) is 18.1. The molecule has 154 valence electrons. The van der Waals surface area contributed by atoms with E-state index in [0.717, 1.165) is 10.3 Å². The average molecular weight is 435 g/mol. The number of hydrogen-bond acceptors (Lipinski definition) is 4. The minimum atomic E-state index is -3.38. The van der Waals surface area contributed by atoms with Crippen molar-refractivity contribution in [2.45, 2.75) is 39.1 Å². The quantitative estimate of drug-likeness (QED) is 0.588. The first-order valence-corrected chi connectivity index (χ1v) is 11.7. The van der Waals surface area contributed by atoms with Crippen molar-refractivity contribution in [1.82, 2.24) is 10.0 Å². The SMILES string of the molecule is Cc1c(C(=O)NCc2ccc(CS(=O)(=O)NC(C)C)cc2)sc2cccc(F)c12. The van der Waals surface area contributed by atoms with Crippen LogP contribution in [0.1, 0.15) is 40.2 Å². The molecule has 8 heteroatoms. The Morgan fingerprint density at radius 1 is 1.10 bits per heavy atom. The molecule has 5 nitrogen and oxygen atoms in total. The van der Waals surface area contributed by atoms with Crippen LogP contribution in [-0.2, 0) is 22.3 Å². The minimum absolute atomic E-state index is 0.0929. The lowest BCUT2D eigenvalue weighted by Gasteiger charge is -2.10. The van der Waals surface area contributed by atoms with Gasteiger partial charge in [0.2, 0.25) is 10.0 Å². The zero-order chi connectivity index (χ0) is 21.2. The highest BCUT2D eigenvalue weighted by Crippen LogP contribution is 2.32. The lowest BCUT2D eigenvalue weighted by atomic mass is 10.1. The van der Waals surface area contributed by atoms with E-state index >= 15 is 0 Å². The fraction of sp³-hybridized carbons (Fsp3) is 0.286. The fourth-order valence-electron chi connectivity index (χ4n) is 3.11. The van der Waals surface area contributed by atoms with Crippen LogP contribution in [0.3, 0.4) is 0 Å². The van der Waals surface area contributed by atoms with Crippen LogP contribution in [0.25, 0.3) is 10.1 Å². The number of carbonyl (C=O) groups is 1. The van der Waals surface area contributed by atoms with Gasteiger partial charge < -0.3 is 5.32 Å². The zero-order valence-electron chi connectivity index (χ0n) is 16.5. The van der Waals surface area contributed by atoms with Crippen molar-refractivity contribution in [3.05, 3.63) is 69.8 Å². The third kappa shape index (κ3) is 5.20. The van der Waals surface area contributed by atoms with Crippen molar-refractivity contribution in [3.8, 4) is 0 Å². The second-order valence-electron chi connectivity index (χ2n) is 7.20. The summed E-state index contributed by atoms with van der Waals surface area (Å²) < 4.78 is 41.3. The highest BCUT2D eigenvalue weighted by molar-refractivity contribution is 7.88. The first-order chi connectivity index (χ1) is 13.7. The number of aryl methyl sites for hydroxylation is 1. The van der Waals surface area contributed by atoms with Gasteiger partial charge in [-0.1, -0.05) is 30.3 Å². The predicted molar refractivity (Wildman–Crippen MR) is 115 cm³/mol. The molecule has 0 fully saturated rings. The van der Waals surface area contributed by atoms with Crippen molar-refractivity contribution in [3.63, 3.8) is 0 Å². The van der Waals surface area contributed by atoms with Gasteiger partial charge in [0.25, 0.3) is 5.91 Å². The van der Waals surface area contributed by atoms with Gasteiger partial charge in [-0.2, -0.15) is 0 Å². The highest BCUT2D eigenvalue weighted by Gasteiger charge is 2.17. The van der Waals surface area contributed by atoms with Crippen LogP contribution in [0, 0.1) is 12.7 Å². The molecule has 0 aliphatic rings. The van der Waals surface area contributed by atoms with Crippen molar-refractivity contribution in [2.24, 2.45) is 0 Å². The van der Waals surface area contributed by atoms with Gasteiger partial charge in [0.15, 0.2) is 0 Å². The molecule has 0 atom stereocenters. The molecule has 0 saturated heterocycles. The van der Waals surface area contributed by atoms with Crippen LogP contribution in [0.2, 0.25) is 0 Å². The largest absolute Gasteiger partial charge is 0.347 e. The molecule has 3 rings (SSSR count). The van der Waals surface area contributed by atoms with E-state index in [-0.39, 0.29) is 23.5 Å². The molecule has 0 spiro atoms. The molecular formula is C21H23FN2O3S2. The van der Waals surface area contributed by atoms with E-state index in [9.17, 15) is 17.6 Å². The summed E-state index contributed by atoms with van der Waals surface area (Å²) in [6.07, 6.45) is 0. The molecule has 29 heavy (non-hydrogen) atoms. The van der Waals surface area contributed by atoms with Gasteiger partial charge in [-0.3, -0.25) is 4.79 Å². The number of halogens is 1. The molecule has 1 heterocycles. The molecule has 1 aromatic heterocycles. The maximum atomic E-state index is 14.0. The standard InChI is InChI=1S/C21H23FN2O3S2/c1-13(2)24-29(26,27)12-16-9-7-15(8-10-16)11-23-21(25)20-14(3)19-17(22)5-4-6-18(19)28-20/h4-10,13,24H,11-12H2,1-3H3,(H,23,25). The molecular weight excluding hydrogens is 411 g/mol. The summed E-state index contributed by atoms with van der Waals surface area (Å²) in [7, 11) is -3.38. The summed E-state index contributed by atoms with van der Waals surface area (Å²) in [6.45, 7) is 5.59. The van der Waals surface area contributed by atoms with Crippen LogP contribution < -0.4 is 10.0 Å². The molecule has 0 aliphatic heterocycles. The summed E-state index contributed by atoms with van der Waals surface area (Å²) in [5.74, 6) is -0.673. The van der Waals surface area contributed by atoms with Gasteiger partial charge in [-0.25, -0.2) is 17.5 Å². The maximum absolute atomic E-state index is 14.0. The maximum Gasteiger partial charge on any atom is 0.261 e. The molecule has 0 aliphatic carbocycles. The van der Waals surface area contributed by atoms with Gasteiger partial charge in [0.05, 0.1) is 10.6 Å². The molecule has 3 aromatic rings. The topological polar surface area (TPSA) is 75.3 Å². The monoisotopic (exact) mass is 434 g/mol. The lowest BCUT2D eigenvalue weighted by molar-refractivity contribution is 0.0954. The van der Waals surface area contributed by atoms with Crippen LogP contribution in [0.15, 0.2) is 42.5 Å². The van der Waals surface area contributed by atoms with Crippen molar-refractivity contribution >= 4 is 37.4 Å². The molecule has 2 N–H and O–H groups in total. The number of nitrogens with one attached hydrogen (secondary N) is 2. The van der Waals surface area contributed by atoms with E-state index < -0.39 is 10.0 Å². The number of fused-ring (bicyclic) bond motifs is 1. The second-order valence-corrected chi connectivity index (χ2v) is 10.0. The van der Waals surface area contributed by atoms with Crippen molar-refractivity contribution in [1.29, 1.82) is 0 Å². The van der Waals surface area contributed by atoms with Gasteiger partial charge in [-0.15, -0.1) is 11.3 Å². The van der Waals surface area contributed by atoms with E-state index in [1.807, 2.05) is 0 Å². The Morgan fingerprint density at radius 3 is 2.38 bits per heavy atom. The summed E-state index contributed by atoms with van der Waals surface area (Å²) in [5, 5.41) is 3.34. The first kappa shape index (κ1) is 21.4. The van der Waals surface area contributed by atoms with Gasteiger partial charge >= 0.3 is 0 Å². The van der Waals surface area contributed by atoms with Crippen LogP contribution >= 0.6 is 11.3 Å². The van der Waals surface area contributed by atoms with Crippen LogP contribution in [0.5, 0.6) is 0 Å². The first-order valence-electron chi connectivity index (χ1n) is 9.20. The minimum Gasteiger partial charge on any atom is -0.347 e. The molecule has 0 radical (unpaired) electrons. The third-order valence-electron chi connectivity index (χ3n) is 4.36. The number of sulfonamides is 1.